The summed E-state index contributed by atoms with van der Waals surface area (Å²) < 4.78 is 12.8. The number of aliphatic hydroxyl groups excluding tert-OH is 1. The number of benzene rings is 1. The number of halogens is 1. The van der Waals surface area contributed by atoms with Crippen LogP contribution < -0.4 is 10.6 Å². The molecule has 112 valence electrons. The van der Waals surface area contributed by atoms with Crippen LogP contribution in [0.2, 0.25) is 0 Å². The highest BCUT2D eigenvalue weighted by atomic mass is 19.1. The molecule has 0 saturated carbocycles. The summed E-state index contributed by atoms with van der Waals surface area (Å²) in [5, 5.41) is 23.3. The van der Waals surface area contributed by atoms with Gasteiger partial charge < -0.3 is 20.8 Å². The van der Waals surface area contributed by atoms with Crippen molar-refractivity contribution in [2.45, 2.75) is 12.5 Å². The molecule has 6 nitrogen and oxygen atoms in total. The Kier molecular flexibility index (Phi) is 4.54. The monoisotopic (exact) mass is 294 g/mol. The minimum atomic E-state index is -1.30. The van der Waals surface area contributed by atoms with Crippen molar-refractivity contribution in [1.29, 1.82) is 0 Å². The number of aliphatic hydroxyl groups is 1. The second-order valence-corrected chi connectivity index (χ2v) is 4.67. The summed E-state index contributed by atoms with van der Waals surface area (Å²) in [6, 6.07) is 4.74. The van der Waals surface area contributed by atoms with E-state index < -0.39 is 12.2 Å². The molecule has 7 heteroatoms. The number of carboxylic acid groups (broad SMARTS) is 1. The quantitative estimate of drug-likeness (QED) is 0.669. The van der Waals surface area contributed by atoms with Gasteiger partial charge in [0.1, 0.15) is 6.10 Å². The average Bonchev–Trinajstić information content (AvgIpc) is 2.47. The molecule has 1 aromatic rings. The van der Waals surface area contributed by atoms with Crippen LogP contribution in [-0.4, -0.2) is 35.3 Å². The summed E-state index contributed by atoms with van der Waals surface area (Å²) in [6.07, 6.45) is -1.75. The van der Waals surface area contributed by atoms with Crippen LogP contribution in [0, 0.1) is 0 Å². The van der Waals surface area contributed by atoms with Gasteiger partial charge in [0.25, 0.3) is 5.91 Å². The Labute approximate surface area is 120 Å². The number of carbonyl (C=O) groups is 2. The predicted molar refractivity (Wildman–Crippen MR) is 72.7 cm³/mol. The Morgan fingerprint density at radius 2 is 2.29 bits per heavy atom. The zero-order valence-electron chi connectivity index (χ0n) is 11.1. The Balaban J connectivity index is 2.21. The first-order valence-corrected chi connectivity index (χ1v) is 6.38. The van der Waals surface area contributed by atoms with Gasteiger partial charge in [0, 0.05) is 24.2 Å². The molecular weight excluding hydrogens is 279 g/mol. The van der Waals surface area contributed by atoms with Gasteiger partial charge in [-0.3, -0.25) is 4.79 Å². The molecule has 1 aliphatic heterocycles. The van der Waals surface area contributed by atoms with E-state index >= 15 is 0 Å². The molecule has 0 fully saturated rings. The molecule has 1 heterocycles. The summed E-state index contributed by atoms with van der Waals surface area (Å²) in [5.41, 5.74) is 1.63. The van der Waals surface area contributed by atoms with Gasteiger partial charge in [0.05, 0.1) is 6.33 Å². The van der Waals surface area contributed by atoms with E-state index in [0.29, 0.717) is 24.1 Å². The first-order chi connectivity index (χ1) is 10.0. The van der Waals surface area contributed by atoms with Crippen LogP contribution in [0.5, 0.6) is 0 Å². The first kappa shape index (κ1) is 15.0. The van der Waals surface area contributed by atoms with Crippen molar-refractivity contribution in [3.05, 3.63) is 46.8 Å². The van der Waals surface area contributed by atoms with Crippen LogP contribution in [-0.2, 0) is 6.42 Å². The predicted octanol–water partition coefficient (Wildman–Crippen LogP) is 1.13. The van der Waals surface area contributed by atoms with E-state index in [1.54, 1.807) is 12.1 Å². The zero-order valence-corrected chi connectivity index (χ0v) is 11.1. The maximum atomic E-state index is 12.8. The lowest BCUT2D eigenvalue weighted by Crippen LogP contribution is -2.32. The second kappa shape index (κ2) is 6.36. The highest BCUT2D eigenvalue weighted by molar-refractivity contribution is 5.96. The highest BCUT2D eigenvalue weighted by Crippen LogP contribution is 2.25. The Hall–Kier alpha value is -2.41. The van der Waals surface area contributed by atoms with Crippen LogP contribution in [0.1, 0.15) is 27.6 Å². The van der Waals surface area contributed by atoms with Gasteiger partial charge in [-0.15, -0.1) is 0 Å². The van der Waals surface area contributed by atoms with Crippen molar-refractivity contribution in [3.8, 4) is 0 Å². The van der Waals surface area contributed by atoms with Gasteiger partial charge in [0.2, 0.25) is 0 Å². The zero-order chi connectivity index (χ0) is 15.4. The fourth-order valence-electron chi connectivity index (χ4n) is 2.20. The molecule has 0 aromatic heterocycles. The van der Waals surface area contributed by atoms with Gasteiger partial charge in [-0.2, -0.15) is 0 Å². The maximum absolute atomic E-state index is 12.8. The van der Waals surface area contributed by atoms with Crippen LogP contribution in [0.15, 0.2) is 30.1 Å². The Morgan fingerprint density at radius 1 is 1.52 bits per heavy atom. The summed E-state index contributed by atoms with van der Waals surface area (Å²) in [4.78, 5) is 22.0. The molecule has 0 aliphatic carbocycles. The lowest BCUT2D eigenvalue weighted by molar-refractivity contribution is 0.0945. The molecule has 21 heavy (non-hydrogen) atoms. The molecule has 0 spiro atoms. The number of hydrogen-bond donors (Lipinski definition) is 4. The van der Waals surface area contributed by atoms with Crippen molar-refractivity contribution >= 4 is 12.0 Å². The second-order valence-electron chi connectivity index (χ2n) is 4.67. The first-order valence-electron chi connectivity index (χ1n) is 6.38. The lowest BCUT2D eigenvalue weighted by atomic mass is 9.94. The van der Waals surface area contributed by atoms with Crippen LogP contribution in [0.3, 0.4) is 0 Å². The third-order valence-corrected chi connectivity index (χ3v) is 3.30. The summed E-state index contributed by atoms with van der Waals surface area (Å²) >= 11 is 0. The molecule has 1 unspecified atom stereocenters. The third-order valence-electron chi connectivity index (χ3n) is 3.30. The minimum absolute atomic E-state index is 0.0994. The highest BCUT2D eigenvalue weighted by Gasteiger charge is 2.20. The van der Waals surface area contributed by atoms with E-state index in [2.05, 4.69) is 5.32 Å². The molecule has 1 aliphatic rings. The van der Waals surface area contributed by atoms with E-state index in [0.717, 1.165) is 5.56 Å². The maximum Gasteiger partial charge on any atom is 0.404 e. The van der Waals surface area contributed by atoms with Gasteiger partial charge in [-0.25, -0.2) is 9.18 Å². The van der Waals surface area contributed by atoms with Crippen molar-refractivity contribution in [3.63, 3.8) is 0 Å². The van der Waals surface area contributed by atoms with Crippen molar-refractivity contribution in [1.82, 2.24) is 10.6 Å². The molecule has 0 bridgehead atoms. The third kappa shape index (κ3) is 3.38. The molecular formula is C14H15FN2O4. The minimum Gasteiger partial charge on any atom is -0.465 e. The molecule has 2 rings (SSSR count). The van der Waals surface area contributed by atoms with Crippen molar-refractivity contribution in [2.24, 2.45) is 0 Å². The number of fused-ring (bicyclic) bond motifs is 1. The average molecular weight is 294 g/mol. The number of rotatable bonds is 4. The molecule has 4 N–H and O–H groups in total. The van der Waals surface area contributed by atoms with E-state index in [1.807, 2.05) is 5.32 Å². The van der Waals surface area contributed by atoms with Gasteiger partial charge >= 0.3 is 6.09 Å². The largest absolute Gasteiger partial charge is 0.465 e. The SMILES string of the molecule is O=C(O)NCC(=CF)C(O)c1ccc2c(c1)CCNC2=O. The van der Waals surface area contributed by atoms with Gasteiger partial charge in [-0.05, 0) is 23.6 Å². The normalized spacial score (nSPS) is 15.9. The summed E-state index contributed by atoms with van der Waals surface area (Å²) in [5.74, 6) is -0.175. The molecule has 1 atom stereocenters. The number of amides is 2. The Morgan fingerprint density at radius 3 is 2.95 bits per heavy atom. The standard InChI is InChI=1S/C14H15FN2O4/c15-6-10(7-17-14(20)21)12(18)9-1-2-11-8(5-9)3-4-16-13(11)19/h1-2,5-6,12,17-18H,3-4,7H2,(H,16,19)(H,20,21). The topological polar surface area (TPSA) is 98.7 Å². The van der Waals surface area contributed by atoms with Crippen molar-refractivity contribution < 1.29 is 24.2 Å². The number of carbonyl (C=O) groups excluding carboxylic acids is 1. The van der Waals surface area contributed by atoms with Crippen molar-refractivity contribution in [2.75, 3.05) is 13.1 Å². The van der Waals surface area contributed by atoms with E-state index in [-0.39, 0.29) is 24.4 Å². The lowest BCUT2D eigenvalue weighted by Gasteiger charge is -2.20. The molecule has 0 saturated heterocycles. The smallest absolute Gasteiger partial charge is 0.404 e. The van der Waals surface area contributed by atoms with Crippen LogP contribution in [0.4, 0.5) is 9.18 Å². The number of hydrogen-bond acceptors (Lipinski definition) is 3. The fourth-order valence-corrected chi connectivity index (χ4v) is 2.20. The number of nitrogens with one attached hydrogen (secondary N) is 2. The van der Waals surface area contributed by atoms with E-state index in [9.17, 15) is 19.1 Å². The summed E-state index contributed by atoms with van der Waals surface area (Å²) in [7, 11) is 0. The molecule has 1 aromatic carbocycles. The van der Waals surface area contributed by atoms with Gasteiger partial charge in [-0.1, -0.05) is 12.1 Å². The van der Waals surface area contributed by atoms with Crippen LogP contribution in [0.25, 0.3) is 0 Å². The Bertz CT molecular complexity index is 601. The molecule has 2 amide bonds. The van der Waals surface area contributed by atoms with E-state index in [1.165, 1.54) is 6.07 Å². The fraction of sp³-hybridized carbons (Fsp3) is 0.286. The van der Waals surface area contributed by atoms with Crippen LogP contribution >= 0.6 is 0 Å². The summed E-state index contributed by atoms with van der Waals surface area (Å²) in [6.45, 7) is 0.197. The van der Waals surface area contributed by atoms with Gasteiger partial charge in [0.15, 0.2) is 0 Å². The van der Waals surface area contributed by atoms with E-state index in [4.69, 9.17) is 5.11 Å². The molecule has 0 radical (unpaired) electrons.